The van der Waals surface area contributed by atoms with E-state index < -0.39 is 6.09 Å². The minimum absolute atomic E-state index is 0.152. The normalized spacial score (nSPS) is 29.4. The lowest BCUT2D eigenvalue weighted by molar-refractivity contribution is 0.0137. The molecule has 1 heterocycles. The van der Waals surface area contributed by atoms with E-state index in [9.17, 15) is 9.90 Å². The summed E-state index contributed by atoms with van der Waals surface area (Å²) in [5, 5.41) is 9.79. The third-order valence-corrected chi connectivity index (χ3v) is 5.63. The van der Waals surface area contributed by atoms with E-state index in [-0.39, 0.29) is 11.6 Å². The number of carboxylic acid groups (broad SMARTS) is 1. The third-order valence-electron chi connectivity index (χ3n) is 5.63. The fraction of sp³-hybridized carbons (Fsp3) is 0.947. The first-order chi connectivity index (χ1) is 11.3. The first-order valence-electron chi connectivity index (χ1n) is 9.56. The van der Waals surface area contributed by atoms with Crippen LogP contribution >= 0.6 is 0 Å². The Morgan fingerprint density at radius 1 is 1.21 bits per heavy atom. The van der Waals surface area contributed by atoms with Gasteiger partial charge in [-0.25, -0.2) is 4.79 Å². The lowest BCUT2D eigenvalue weighted by Crippen LogP contribution is -2.56. The van der Waals surface area contributed by atoms with Crippen LogP contribution in [0.25, 0.3) is 0 Å². The topological polar surface area (TPSA) is 53.0 Å². The van der Waals surface area contributed by atoms with Crippen LogP contribution in [0.15, 0.2) is 0 Å². The molecule has 1 N–H and O–H groups in total. The summed E-state index contributed by atoms with van der Waals surface area (Å²) in [6.45, 7) is 10.2. The molecule has 24 heavy (non-hydrogen) atoms. The highest BCUT2D eigenvalue weighted by atomic mass is 16.5. The molecule has 0 aromatic rings. The van der Waals surface area contributed by atoms with Crippen molar-refractivity contribution in [2.75, 3.05) is 33.4 Å². The van der Waals surface area contributed by atoms with Gasteiger partial charge in [-0.3, -0.25) is 0 Å². The Bertz CT molecular complexity index is 406. The lowest BCUT2D eigenvalue weighted by Gasteiger charge is -2.47. The van der Waals surface area contributed by atoms with E-state index in [1.54, 1.807) is 12.0 Å². The molecule has 5 heteroatoms. The van der Waals surface area contributed by atoms with Gasteiger partial charge >= 0.3 is 6.09 Å². The second-order valence-electron chi connectivity index (χ2n) is 8.66. The summed E-state index contributed by atoms with van der Waals surface area (Å²) in [5.74, 6) is 1.08. The summed E-state index contributed by atoms with van der Waals surface area (Å²) >= 11 is 0. The predicted molar refractivity (Wildman–Crippen MR) is 96.4 cm³/mol. The summed E-state index contributed by atoms with van der Waals surface area (Å²) in [7, 11) is 1.78. The molecule has 0 radical (unpaired) electrons. The maximum absolute atomic E-state index is 11.9. The van der Waals surface area contributed by atoms with Gasteiger partial charge in [0, 0.05) is 31.8 Å². The van der Waals surface area contributed by atoms with Crippen LogP contribution in [0.4, 0.5) is 4.79 Å². The first kappa shape index (κ1) is 19.5. The molecule has 1 unspecified atom stereocenters. The zero-order chi connectivity index (χ0) is 17.7. The molecule has 1 amide bonds. The van der Waals surface area contributed by atoms with Crippen LogP contribution in [-0.2, 0) is 4.74 Å². The summed E-state index contributed by atoms with van der Waals surface area (Å²) in [6.07, 6.45) is 6.24. The average molecular weight is 341 g/mol. The zero-order valence-electron chi connectivity index (χ0n) is 16.0. The molecule has 0 bridgehead atoms. The Balaban J connectivity index is 2.04. The Labute approximate surface area is 147 Å². The lowest BCUT2D eigenvalue weighted by atomic mass is 9.81. The SMILES string of the molecule is COCC1CCCN(C[C@@H]2CCCC[C@H]2N(C(=O)O)C(C)(C)C)C1. The van der Waals surface area contributed by atoms with Gasteiger partial charge in [-0.05, 0) is 64.8 Å². The molecule has 2 aliphatic rings. The molecule has 1 aliphatic heterocycles. The number of methoxy groups -OCH3 is 1. The number of nitrogens with zero attached hydrogens (tertiary/aromatic N) is 2. The van der Waals surface area contributed by atoms with Gasteiger partial charge in [-0.2, -0.15) is 0 Å². The predicted octanol–water partition coefficient (Wildman–Crippen LogP) is 3.68. The number of amides is 1. The molecule has 2 rings (SSSR count). The maximum Gasteiger partial charge on any atom is 0.407 e. The second kappa shape index (κ2) is 8.52. The van der Waals surface area contributed by atoms with Gasteiger partial charge in [-0.15, -0.1) is 0 Å². The van der Waals surface area contributed by atoms with Crippen molar-refractivity contribution < 1.29 is 14.6 Å². The number of carbonyl (C=O) groups is 1. The monoisotopic (exact) mass is 340 g/mol. The van der Waals surface area contributed by atoms with E-state index in [4.69, 9.17) is 4.74 Å². The maximum atomic E-state index is 11.9. The molecule has 0 spiro atoms. The van der Waals surface area contributed by atoms with Crippen molar-refractivity contribution in [2.24, 2.45) is 11.8 Å². The number of hydrogen-bond acceptors (Lipinski definition) is 3. The molecule has 2 fully saturated rings. The summed E-state index contributed by atoms with van der Waals surface area (Å²) in [6, 6.07) is 0.152. The van der Waals surface area contributed by atoms with Gasteiger partial charge in [0.1, 0.15) is 0 Å². The number of rotatable bonds is 5. The third kappa shape index (κ3) is 5.09. The molecule has 1 aliphatic carbocycles. The quantitative estimate of drug-likeness (QED) is 0.829. The Kier molecular flexibility index (Phi) is 6.93. The van der Waals surface area contributed by atoms with Crippen molar-refractivity contribution in [3.63, 3.8) is 0 Å². The summed E-state index contributed by atoms with van der Waals surface area (Å²) in [5.41, 5.74) is -0.341. The first-order valence-corrected chi connectivity index (χ1v) is 9.56. The van der Waals surface area contributed by atoms with Gasteiger partial charge < -0.3 is 19.6 Å². The smallest absolute Gasteiger partial charge is 0.407 e. The minimum Gasteiger partial charge on any atom is -0.465 e. The van der Waals surface area contributed by atoms with E-state index in [1.807, 2.05) is 20.8 Å². The van der Waals surface area contributed by atoms with Crippen molar-refractivity contribution in [3.05, 3.63) is 0 Å². The molecule has 140 valence electrons. The number of ether oxygens (including phenoxy) is 1. The van der Waals surface area contributed by atoms with Crippen molar-refractivity contribution in [1.29, 1.82) is 0 Å². The highest BCUT2D eigenvalue weighted by Crippen LogP contribution is 2.34. The number of likely N-dealkylation sites (tertiary alicyclic amines) is 1. The van der Waals surface area contributed by atoms with Crippen LogP contribution in [0.3, 0.4) is 0 Å². The van der Waals surface area contributed by atoms with Gasteiger partial charge in [0.2, 0.25) is 0 Å². The fourth-order valence-corrected chi connectivity index (χ4v) is 4.69. The van der Waals surface area contributed by atoms with E-state index >= 15 is 0 Å². The molecule has 0 aromatic heterocycles. The molecule has 3 atom stereocenters. The van der Waals surface area contributed by atoms with Crippen LogP contribution in [0.1, 0.15) is 59.3 Å². The van der Waals surface area contributed by atoms with Crippen molar-refractivity contribution in [1.82, 2.24) is 9.80 Å². The van der Waals surface area contributed by atoms with Gasteiger partial charge in [0.05, 0.1) is 6.61 Å². The standard InChI is InChI=1S/C19H36N2O3/c1-19(2,3)21(18(22)23)17-10-6-5-9-16(17)13-20-11-7-8-15(12-20)14-24-4/h15-17H,5-14H2,1-4H3,(H,22,23)/t15?,16-,17+/m0/s1. The summed E-state index contributed by atoms with van der Waals surface area (Å²) in [4.78, 5) is 16.2. The molecule has 1 saturated carbocycles. The highest BCUT2D eigenvalue weighted by molar-refractivity contribution is 5.66. The summed E-state index contributed by atoms with van der Waals surface area (Å²) < 4.78 is 5.34. The Morgan fingerprint density at radius 3 is 2.54 bits per heavy atom. The zero-order valence-corrected chi connectivity index (χ0v) is 16.0. The van der Waals surface area contributed by atoms with Crippen molar-refractivity contribution in [3.8, 4) is 0 Å². The number of piperidine rings is 1. The van der Waals surface area contributed by atoms with Crippen LogP contribution in [0.2, 0.25) is 0 Å². The van der Waals surface area contributed by atoms with Crippen LogP contribution < -0.4 is 0 Å². The van der Waals surface area contributed by atoms with Crippen LogP contribution in [-0.4, -0.2) is 65.9 Å². The van der Waals surface area contributed by atoms with E-state index in [0.717, 1.165) is 45.5 Å². The average Bonchev–Trinajstić information content (AvgIpc) is 2.48. The van der Waals surface area contributed by atoms with Crippen molar-refractivity contribution >= 4 is 6.09 Å². The van der Waals surface area contributed by atoms with Gasteiger partial charge in [0.15, 0.2) is 0 Å². The van der Waals surface area contributed by atoms with Gasteiger partial charge in [-0.1, -0.05) is 12.8 Å². The van der Waals surface area contributed by atoms with E-state index in [1.165, 1.54) is 19.3 Å². The van der Waals surface area contributed by atoms with Crippen LogP contribution in [0.5, 0.6) is 0 Å². The van der Waals surface area contributed by atoms with Crippen molar-refractivity contribution in [2.45, 2.75) is 70.9 Å². The molecular formula is C19H36N2O3. The minimum atomic E-state index is -0.768. The molecule has 0 aromatic carbocycles. The highest BCUT2D eigenvalue weighted by Gasteiger charge is 2.39. The van der Waals surface area contributed by atoms with E-state index in [2.05, 4.69) is 4.90 Å². The molecule has 1 saturated heterocycles. The number of hydrogen-bond donors (Lipinski definition) is 1. The van der Waals surface area contributed by atoms with E-state index in [0.29, 0.717) is 11.8 Å². The molecular weight excluding hydrogens is 304 g/mol. The Hall–Kier alpha value is -0.810. The van der Waals surface area contributed by atoms with Gasteiger partial charge in [0.25, 0.3) is 0 Å². The van der Waals surface area contributed by atoms with Crippen LogP contribution in [0, 0.1) is 11.8 Å². The Morgan fingerprint density at radius 2 is 1.92 bits per heavy atom. The fourth-order valence-electron chi connectivity index (χ4n) is 4.69. The molecule has 5 nitrogen and oxygen atoms in total. The largest absolute Gasteiger partial charge is 0.465 e. The second-order valence-corrected chi connectivity index (χ2v) is 8.66.